The van der Waals surface area contributed by atoms with E-state index in [9.17, 15) is 15.0 Å². The van der Waals surface area contributed by atoms with Gasteiger partial charge in [-0.05, 0) is 73.5 Å². The normalized spacial score (nSPS) is 61.8. The van der Waals surface area contributed by atoms with E-state index in [1.807, 2.05) is 0 Å². The highest BCUT2D eigenvalue weighted by Crippen LogP contribution is 2.70. The maximum Gasteiger partial charge on any atom is 0.171 e. The lowest BCUT2D eigenvalue weighted by atomic mass is 9.43. The summed E-state index contributed by atoms with van der Waals surface area (Å²) in [5, 5.41) is 21.7. The molecular weight excluding hydrogens is 404 g/mol. The fourth-order valence-corrected chi connectivity index (χ4v) is 9.91. The molecule has 6 rings (SSSR count). The number of carbonyl (C=O) groups is 1. The zero-order valence-electron chi connectivity index (χ0n) is 20.3. The topological polar surface area (TPSA) is 76.0 Å². The molecule has 180 valence electrons. The molecule has 2 heterocycles. The quantitative estimate of drug-likeness (QED) is 0.589. The highest BCUT2D eigenvalue weighted by molar-refractivity contribution is 5.87. The van der Waals surface area contributed by atoms with Crippen molar-refractivity contribution >= 4 is 5.78 Å². The number of rotatable bonds is 0. The predicted octanol–water partition coefficient (Wildman–Crippen LogP) is 3.94. The number of aliphatic hydroxyl groups excluding tert-OH is 2. The van der Waals surface area contributed by atoms with Crippen LogP contribution in [0.4, 0.5) is 0 Å². The first-order valence-electron chi connectivity index (χ1n) is 13.3. The van der Waals surface area contributed by atoms with Gasteiger partial charge in [-0.3, -0.25) is 4.79 Å². The lowest BCUT2D eigenvalue weighted by molar-refractivity contribution is -0.273. The van der Waals surface area contributed by atoms with Crippen LogP contribution in [-0.2, 0) is 14.3 Å². The molecule has 2 saturated heterocycles. The number of fused-ring (bicyclic) bond motifs is 7. The van der Waals surface area contributed by atoms with Gasteiger partial charge in [-0.2, -0.15) is 0 Å². The minimum atomic E-state index is -0.519. The highest BCUT2D eigenvalue weighted by atomic mass is 16.7. The maximum absolute atomic E-state index is 14.0. The Morgan fingerprint density at radius 1 is 1.00 bits per heavy atom. The number of aliphatic hydroxyl groups is 2. The summed E-state index contributed by atoms with van der Waals surface area (Å²) in [5.41, 5.74) is -0.381. The molecule has 2 N–H and O–H groups in total. The Morgan fingerprint density at radius 2 is 1.78 bits per heavy atom. The van der Waals surface area contributed by atoms with Crippen LogP contribution in [0.2, 0.25) is 0 Å². The summed E-state index contributed by atoms with van der Waals surface area (Å²) in [6, 6.07) is 0. The predicted molar refractivity (Wildman–Crippen MR) is 120 cm³/mol. The molecule has 0 aromatic heterocycles. The Morgan fingerprint density at radius 3 is 2.50 bits per heavy atom. The van der Waals surface area contributed by atoms with Crippen molar-refractivity contribution in [3.63, 3.8) is 0 Å². The van der Waals surface area contributed by atoms with Gasteiger partial charge < -0.3 is 19.7 Å². The van der Waals surface area contributed by atoms with Crippen LogP contribution >= 0.6 is 0 Å². The summed E-state index contributed by atoms with van der Waals surface area (Å²) in [5.74, 6) is 1.72. The molecule has 0 aromatic rings. The van der Waals surface area contributed by atoms with E-state index in [2.05, 4.69) is 27.7 Å². The van der Waals surface area contributed by atoms with Crippen molar-refractivity contribution in [2.45, 2.75) is 103 Å². The number of Topliss-reactive ketones (excluding diaryl/α,β-unsaturated/α-hetero) is 1. The molecule has 0 aromatic carbocycles. The third-order valence-corrected chi connectivity index (χ3v) is 11.8. The van der Waals surface area contributed by atoms with Crippen LogP contribution < -0.4 is 0 Å². The SMILES string of the molecule is C[C@@H]1CC[C@@]2(OC1)O[C@H]1C[C@H]3[C@@H]4[C@@H](O)C[C@H]5C[C@@H](O)CC[C@]5(C)[C@H]4CC(=O)[C@]3(C)[C@H]1[C@@H]2C. The van der Waals surface area contributed by atoms with E-state index in [1.165, 1.54) is 0 Å². The number of ether oxygens (including phenoxy) is 2. The van der Waals surface area contributed by atoms with Crippen molar-refractivity contribution in [1.82, 2.24) is 0 Å². The summed E-state index contributed by atoms with van der Waals surface area (Å²) in [6.07, 6.45) is 6.26. The minimum Gasteiger partial charge on any atom is -0.393 e. The Labute approximate surface area is 192 Å². The zero-order chi connectivity index (χ0) is 22.6. The lowest BCUT2D eigenvalue weighted by Gasteiger charge is -2.61. The van der Waals surface area contributed by atoms with Gasteiger partial charge in [-0.1, -0.05) is 27.7 Å². The zero-order valence-corrected chi connectivity index (χ0v) is 20.3. The Bertz CT molecular complexity index is 789. The van der Waals surface area contributed by atoms with Crippen molar-refractivity contribution in [2.24, 2.45) is 52.3 Å². The molecule has 32 heavy (non-hydrogen) atoms. The number of carbonyl (C=O) groups excluding carboxylic acids is 1. The van der Waals surface area contributed by atoms with Crippen LogP contribution in [0.3, 0.4) is 0 Å². The van der Waals surface area contributed by atoms with E-state index in [0.717, 1.165) is 51.6 Å². The molecular formula is C27H42O5. The molecule has 0 unspecified atom stereocenters. The van der Waals surface area contributed by atoms with E-state index in [1.54, 1.807) is 0 Å². The maximum atomic E-state index is 14.0. The van der Waals surface area contributed by atoms with Gasteiger partial charge in [0, 0.05) is 30.1 Å². The van der Waals surface area contributed by atoms with Crippen LogP contribution in [-0.4, -0.2) is 46.7 Å². The van der Waals surface area contributed by atoms with Crippen LogP contribution in [0, 0.1) is 52.3 Å². The second-order valence-electron chi connectivity index (χ2n) is 13.1. The van der Waals surface area contributed by atoms with Crippen molar-refractivity contribution < 1.29 is 24.5 Å². The molecule has 6 fully saturated rings. The Kier molecular flexibility index (Phi) is 4.83. The number of ketones is 1. The van der Waals surface area contributed by atoms with Crippen molar-refractivity contribution in [1.29, 1.82) is 0 Å². The average molecular weight is 447 g/mol. The molecule has 0 radical (unpaired) electrons. The first-order chi connectivity index (χ1) is 15.1. The fraction of sp³-hybridized carbons (Fsp3) is 0.963. The minimum absolute atomic E-state index is 0.0497. The van der Waals surface area contributed by atoms with E-state index in [-0.39, 0.29) is 53.3 Å². The van der Waals surface area contributed by atoms with E-state index < -0.39 is 11.2 Å². The molecule has 5 heteroatoms. The molecule has 4 aliphatic carbocycles. The van der Waals surface area contributed by atoms with Gasteiger partial charge >= 0.3 is 0 Å². The van der Waals surface area contributed by atoms with E-state index in [0.29, 0.717) is 24.0 Å². The molecule has 6 aliphatic rings. The van der Waals surface area contributed by atoms with Gasteiger partial charge in [0.2, 0.25) is 0 Å². The van der Waals surface area contributed by atoms with Gasteiger partial charge in [0.05, 0.1) is 24.9 Å². The second kappa shape index (κ2) is 7.02. The summed E-state index contributed by atoms with van der Waals surface area (Å²) in [4.78, 5) is 14.0. The summed E-state index contributed by atoms with van der Waals surface area (Å²) in [7, 11) is 0. The van der Waals surface area contributed by atoms with E-state index >= 15 is 0 Å². The summed E-state index contributed by atoms with van der Waals surface area (Å²) >= 11 is 0. The fourth-order valence-electron chi connectivity index (χ4n) is 9.91. The van der Waals surface area contributed by atoms with Crippen LogP contribution in [0.5, 0.6) is 0 Å². The first kappa shape index (κ1) is 22.0. The Hall–Kier alpha value is -0.490. The molecule has 13 atom stereocenters. The smallest absolute Gasteiger partial charge is 0.171 e. The van der Waals surface area contributed by atoms with Gasteiger partial charge in [0.25, 0.3) is 0 Å². The third-order valence-electron chi connectivity index (χ3n) is 11.8. The monoisotopic (exact) mass is 446 g/mol. The van der Waals surface area contributed by atoms with Crippen molar-refractivity contribution in [3.8, 4) is 0 Å². The van der Waals surface area contributed by atoms with Gasteiger partial charge in [0.15, 0.2) is 5.79 Å². The van der Waals surface area contributed by atoms with Crippen LogP contribution in [0.25, 0.3) is 0 Å². The average Bonchev–Trinajstić information content (AvgIpc) is 3.18. The highest BCUT2D eigenvalue weighted by Gasteiger charge is 2.72. The molecule has 0 amide bonds. The van der Waals surface area contributed by atoms with Gasteiger partial charge in [-0.15, -0.1) is 0 Å². The summed E-state index contributed by atoms with van der Waals surface area (Å²) < 4.78 is 13.1. The first-order valence-corrected chi connectivity index (χ1v) is 13.3. The van der Waals surface area contributed by atoms with Gasteiger partial charge in [0.1, 0.15) is 5.78 Å². The molecule has 2 aliphatic heterocycles. The van der Waals surface area contributed by atoms with Crippen LogP contribution in [0.1, 0.15) is 79.1 Å². The van der Waals surface area contributed by atoms with Crippen molar-refractivity contribution in [2.75, 3.05) is 6.61 Å². The van der Waals surface area contributed by atoms with E-state index in [4.69, 9.17) is 9.47 Å². The molecule has 4 saturated carbocycles. The molecule has 0 bridgehead atoms. The molecule has 5 nitrogen and oxygen atoms in total. The number of hydrogen-bond acceptors (Lipinski definition) is 5. The third kappa shape index (κ3) is 2.69. The van der Waals surface area contributed by atoms with Crippen LogP contribution in [0.15, 0.2) is 0 Å². The Balaban J connectivity index is 1.33. The van der Waals surface area contributed by atoms with Gasteiger partial charge in [-0.25, -0.2) is 0 Å². The second-order valence-corrected chi connectivity index (χ2v) is 13.1. The largest absolute Gasteiger partial charge is 0.393 e. The number of hydrogen-bond donors (Lipinski definition) is 2. The van der Waals surface area contributed by atoms with Crippen molar-refractivity contribution in [3.05, 3.63) is 0 Å². The molecule has 1 spiro atoms. The lowest BCUT2D eigenvalue weighted by Crippen LogP contribution is -2.61. The standard InChI is InChI=1S/C27H42O5/c1-14-5-8-27(31-13-14)15(2)24-21(32-27)11-19-23-18(12-22(30)26(19,24)4)25(3)7-6-17(28)9-16(25)10-20(23)29/h14-21,23-24,28-29H,5-13H2,1-4H3/t14-,15+,16-,17+,18+,19+,20+,21+,23-,24+,25+,26-,27-/m1/s1. The summed E-state index contributed by atoms with van der Waals surface area (Å²) in [6.45, 7) is 9.79.